The van der Waals surface area contributed by atoms with Gasteiger partial charge in [0.25, 0.3) is 5.91 Å². The number of aryl methyl sites for hydroxylation is 2. The van der Waals surface area contributed by atoms with Crippen LogP contribution in [0.2, 0.25) is 0 Å². The number of benzene rings is 2. The molecule has 1 atom stereocenters. The van der Waals surface area contributed by atoms with Gasteiger partial charge in [0.15, 0.2) is 6.10 Å². The third-order valence-electron chi connectivity index (χ3n) is 3.74. The van der Waals surface area contributed by atoms with Gasteiger partial charge in [0, 0.05) is 6.54 Å². The van der Waals surface area contributed by atoms with Crippen LogP contribution < -0.4 is 10.1 Å². The van der Waals surface area contributed by atoms with Gasteiger partial charge in [-0.15, -0.1) is 0 Å². The van der Waals surface area contributed by atoms with Crippen LogP contribution in [0.1, 0.15) is 29.2 Å². The highest BCUT2D eigenvalue weighted by Gasteiger charge is 2.30. The van der Waals surface area contributed by atoms with Crippen molar-refractivity contribution < 1.29 is 22.7 Å². The molecule has 0 aliphatic rings. The van der Waals surface area contributed by atoms with E-state index >= 15 is 0 Å². The van der Waals surface area contributed by atoms with Gasteiger partial charge >= 0.3 is 6.18 Å². The molecule has 2 aromatic carbocycles. The average molecular weight is 351 g/mol. The molecule has 0 heterocycles. The van der Waals surface area contributed by atoms with Gasteiger partial charge in [-0.25, -0.2) is 0 Å². The Bertz CT molecular complexity index is 757. The van der Waals surface area contributed by atoms with Gasteiger partial charge in [-0.3, -0.25) is 4.79 Å². The van der Waals surface area contributed by atoms with Crippen LogP contribution in [-0.4, -0.2) is 12.0 Å². The maximum atomic E-state index is 12.7. The second kappa shape index (κ2) is 7.59. The van der Waals surface area contributed by atoms with E-state index in [0.29, 0.717) is 11.3 Å². The minimum absolute atomic E-state index is 0.00323. The first kappa shape index (κ1) is 18.8. The minimum atomic E-state index is -4.40. The molecule has 1 amide bonds. The Labute approximate surface area is 144 Å². The van der Waals surface area contributed by atoms with Gasteiger partial charge in [0.2, 0.25) is 0 Å². The highest BCUT2D eigenvalue weighted by Crippen LogP contribution is 2.29. The van der Waals surface area contributed by atoms with E-state index in [2.05, 4.69) is 5.32 Å². The highest BCUT2D eigenvalue weighted by atomic mass is 19.4. The first-order valence-electron chi connectivity index (χ1n) is 7.84. The van der Waals surface area contributed by atoms with Crippen molar-refractivity contribution >= 4 is 5.91 Å². The summed E-state index contributed by atoms with van der Waals surface area (Å²) >= 11 is 0. The molecule has 2 aromatic rings. The molecule has 0 bridgehead atoms. The third kappa shape index (κ3) is 5.24. The standard InChI is InChI=1S/C19H20F3NO2/c1-12-7-8-13(2)17(9-12)25-14(3)18(24)23-11-15-5-4-6-16(10-15)19(20,21)22/h4-10,14H,11H2,1-3H3,(H,23,24). The zero-order chi connectivity index (χ0) is 18.6. The number of hydrogen-bond acceptors (Lipinski definition) is 2. The van der Waals surface area contributed by atoms with E-state index in [-0.39, 0.29) is 6.54 Å². The number of rotatable bonds is 5. The largest absolute Gasteiger partial charge is 0.481 e. The molecule has 1 unspecified atom stereocenters. The fraction of sp³-hybridized carbons (Fsp3) is 0.316. The number of halogens is 3. The molecule has 1 N–H and O–H groups in total. The second-order valence-electron chi connectivity index (χ2n) is 5.94. The summed E-state index contributed by atoms with van der Waals surface area (Å²) in [6, 6.07) is 10.6. The van der Waals surface area contributed by atoms with Crippen LogP contribution in [0.3, 0.4) is 0 Å². The van der Waals surface area contributed by atoms with Gasteiger partial charge < -0.3 is 10.1 Å². The van der Waals surface area contributed by atoms with E-state index in [9.17, 15) is 18.0 Å². The van der Waals surface area contributed by atoms with Crippen LogP contribution in [0.4, 0.5) is 13.2 Å². The zero-order valence-electron chi connectivity index (χ0n) is 14.3. The Morgan fingerprint density at radius 3 is 2.56 bits per heavy atom. The predicted octanol–water partition coefficient (Wildman–Crippen LogP) is 4.41. The van der Waals surface area contributed by atoms with Crippen LogP contribution in [0.15, 0.2) is 42.5 Å². The number of ether oxygens (including phenoxy) is 1. The molecule has 2 rings (SSSR count). The molecule has 0 spiro atoms. The van der Waals surface area contributed by atoms with E-state index < -0.39 is 23.8 Å². The number of alkyl halides is 3. The van der Waals surface area contributed by atoms with Gasteiger partial charge in [-0.1, -0.05) is 24.3 Å². The summed E-state index contributed by atoms with van der Waals surface area (Å²) in [7, 11) is 0. The molecule has 0 saturated heterocycles. The summed E-state index contributed by atoms with van der Waals surface area (Å²) < 4.78 is 43.8. The number of carbonyl (C=O) groups excluding carboxylic acids is 1. The summed E-state index contributed by atoms with van der Waals surface area (Å²) in [6.07, 6.45) is -5.16. The molecule has 3 nitrogen and oxygen atoms in total. The predicted molar refractivity (Wildman–Crippen MR) is 89.3 cm³/mol. The van der Waals surface area contributed by atoms with Crippen LogP contribution in [0.5, 0.6) is 5.75 Å². The van der Waals surface area contributed by atoms with E-state index in [1.54, 1.807) is 6.92 Å². The average Bonchev–Trinajstić information content (AvgIpc) is 2.55. The Morgan fingerprint density at radius 2 is 1.88 bits per heavy atom. The van der Waals surface area contributed by atoms with Crippen molar-refractivity contribution in [3.63, 3.8) is 0 Å². The minimum Gasteiger partial charge on any atom is -0.481 e. The lowest BCUT2D eigenvalue weighted by atomic mass is 10.1. The first-order chi connectivity index (χ1) is 11.7. The van der Waals surface area contributed by atoms with Gasteiger partial charge in [0.05, 0.1) is 5.56 Å². The number of carbonyl (C=O) groups is 1. The van der Waals surface area contributed by atoms with Gasteiger partial charge in [-0.2, -0.15) is 13.2 Å². The lowest BCUT2D eigenvalue weighted by Gasteiger charge is -2.17. The SMILES string of the molecule is Cc1ccc(C)c(OC(C)C(=O)NCc2cccc(C(F)(F)F)c2)c1. The maximum Gasteiger partial charge on any atom is 0.416 e. The molecule has 0 aliphatic heterocycles. The summed E-state index contributed by atoms with van der Waals surface area (Å²) in [4.78, 5) is 12.1. The van der Waals surface area contributed by atoms with Gasteiger partial charge in [-0.05, 0) is 55.7 Å². The number of amides is 1. The summed E-state index contributed by atoms with van der Waals surface area (Å²) in [6.45, 7) is 5.40. The number of nitrogens with one attached hydrogen (secondary N) is 1. The van der Waals surface area contributed by atoms with Crippen molar-refractivity contribution in [2.45, 2.75) is 39.6 Å². The van der Waals surface area contributed by atoms with E-state index in [4.69, 9.17) is 4.74 Å². The van der Waals surface area contributed by atoms with Crippen molar-refractivity contribution in [3.05, 3.63) is 64.7 Å². The van der Waals surface area contributed by atoms with Crippen molar-refractivity contribution in [1.82, 2.24) is 5.32 Å². The molecule has 6 heteroatoms. The fourth-order valence-electron chi connectivity index (χ4n) is 2.27. The number of hydrogen-bond donors (Lipinski definition) is 1. The van der Waals surface area contributed by atoms with Crippen molar-refractivity contribution in [2.24, 2.45) is 0 Å². The summed E-state index contributed by atoms with van der Waals surface area (Å²) in [5, 5.41) is 2.60. The normalized spacial score (nSPS) is 12.6. The quantitative estimate of drug-likeness (QED) is 0.867. The van der Waals surface area contributed by atoms with Crippen LogP contribution in [0.25, 0.3) is 0 Å². The molecule has 25 heavy (non-hydrogen) atoms. The smallest absolute Gasteiger partial charge is 0.416 e. The molecular weight excluding hydrogens is 331 g/mol. The molecule has 0 fully saturated rings. The molecular formula is C19H20F3NO2. The highest BCUT2D eigenvalue weighted by molar-refractivity contribution is 5.80. The van der Waals surface area contributed by atoms with Crippen LogP contribution in [0, 0.1) is 13.8 Å². The monoisotopic (exact) mass is 351 g/mol. The fourth-order valence-corrected chi connectivity index (χ4v) is 2.27. The topological polar surface area (TPSA) is 38.3 Å². The zero-order valence-corrected chi connectivity index (χ0v) is 14.3. The Balaban J connectivity index is 1.97. The van der Waals surface area contributed by atoms with Crippen LogP contribution in [-0.2, 0) is 17.5 Å². The van der Waals surface area contributed by atoms with Gasteiger partial charge in [0.1, 0.15) is 5.75 Å². The second-order valence-corrected chi connectivity index (χ2v) is 5.94. The van der Waals surface area contributed by atoms with E-state index in [1.807, 2.05) is 32.0 Å². The molecule has 0 saturated carbocycles. The van der Waals surface area contributed by atoms with Crippen molar-refractivity contribution in [1.29, 1.82) is 0 Å². The van der Waals surface area contributed by atoms with E-state index in [1.165, 1.54) is 12.1 Å². The third-order valence-corrected chi connectivity index (χ3v) is 3.74. The maximum absolute atomic E-state index is 12.7. The molecule has 0 aliphatic carbocycles. The Hall–Kier alpha value is -2.50. The van der Waals surface area contributed by atoms with Crippen LogP contribution >= 0.6 is 0 Å². The molecule has 0 radical (unpaired) electrons. The first-order valence-corrected chi connectivity index (χ1v) is 7.84. The van der Waals surface area contributed by atoms with E-state index in [0.717, 1.165) is 23.3 Å². The lowest BCUT2D eigenvalue weighted by Crippen LogP contribution is -2.36. The summed E-state index contributed by atoms with van der Waals surface area (Å²) in [5.74, 6) is 0.222. The lowest BCUT2D eigenvalue weighted by molar-refractivity contribution is -0.137. The summed E-state index contributed by atoms with van der Waals surface area (Å²) in [5.41, 5.74) is 1.56. The molecule has 134 valence electrons. The van der Waals surface area contributed by atoms with Crippen molar-refractivity contribution in [3.8, 4) is 5.75 Å². The Kier molecular flexibility index (Phi) is 5.72. The van der Waals surface area contributed by atoms with Crippen molar-refractivity contribution in [2.75, 3.05) is 0 Å². The Morgan fingerprint density at radius 1 is 1.16 bits per heavy atom. The molecule has 0 aromatic heterocycles.